The zero-order valence-corrected chi connectivity index (χ0v) is 12.6. The number of ether oxygens (including phenoxy) is 1. The minimum absolute atomic E-state index is 0.206. The molecule has 106 valence electrons. The molecule has 0 unspecified atom stereocenters. The minimum atomic E-state index is 0.206. The van der Waals surface area contributed by atoms with E-state index in [1.807, 2.05) is 19.1 Å². The number of phenols is 1. The predicted octanol–water partition coefficient (Wildman–Crippen LogP) is 3.32. The second-order valence-electron chi connectivity index (χ2n) is 6.49. The van der Waals surface area contributed by atoms with Crippen molar-refractivity contribution in [1.29, 1.82) is 0 Å². The van der Waals surface area contributed by atoms with E-state index in [-0.39, 0.29) is 5.75 Å². The fourth-order valence-corrected chi connectivity index (χ4v) is 2.87. The third kappa shape index (κ3) is 2.44. The minimum Gasteiger partial charge on any atom is -0.504 e. The van der Waals surface area contributed by atoms with Gasteiger partial charge in [0.2, 0.25) is 0 Å². The average Bonchev–Trinajstić information content (AvgIpc) is 2.71. The first-order valence-corrected chi connectivity index (χ1v) is 6.98. The lowest BCUT2D eigenvalue weighted by Gasteiger charge is -2.10. The van der Waals surface area contributed by atoms with Crippen LogP contribution in [0.5, 0.6) is 11.5 Å². The highest BCUT2D eigenvalue weighted by atomic mass is 16.5. The summed E-state index contributed by atoms with van der Waals surface area (Å²) in [5.74, 6) is 0.772. The van der Waals surface area contributed by atoms with Crippen molar-refractivity contribution in [1.82, 2.24) is 5.32 Å². The van der Waals surface area contributed by atoms with Gasteiger partial charge in [-0.05, 0) is 35.4 Å². The summed E-state index contributed by atoms with van der Waals surface area (Å²) in [7, 11) is 0. The summed E-state index contributed by atoms with van der Waals surface area (Å²) in [5.41, 5.74) is 1.82. The maximum absolute atomic E-state index is 9.68. The van der Waals surface area contributed by atoms with E-state index in [4.69, 9.17) is 4.74 Å². The quantitative estimate of drug-likeness (QED) is 0.856. The van der Waals surface area contributed by atoms with Crippen LogP contribution in [-0.2, 0) is 6.54 Å². The molecule has 0 radical (unpaired) electrons. The van der Waals surface area contributed by atoms with E-state index in [0.717, 1.165) is 12.1 Å². The van der Waals surface area contributed by atoms with Gasteiger partial charge in [-0.15, -0.1) is 0 Å². The first-order chi connectivity index (χ1) is 8.80. The Hall–Kier alpha value is -1.22. The summed E-state index contributed by atoms with van der Waals surface area (Å²) in [5, 5.41) is 13.3. The molecule has 3 nitrogen and oxygen atoms in total. The fraction of sp³-hybridized carbons (Fsp3) is 0.625. The van der Waals surface area contributed by atoms with Gasteiger partial charge in [-0.25, -0.2) is 0 Å². The van der Waals surface area contributed by atoms with Gasteiger partial charge in [0.05, 0.1) is 6.61 Å². The molecule has 1 aliphatic rings. The summed E-state index contributed by atoms with van der Waals surface area (Å²) < 4.78 is 5.40. The van der Waals surface area contributed by atoms with Crippen molar-refractivity contribution in [3.8, 4) is 11.5 Å². The number of rotatable bonds is 5. The smallest absolute Gasteiger partial charge is 0.161 e. The third-order valence-electron chi connectivity index (χ3n) is 4.86. The zero-order chi connectivity index (χ0) is 14.3. The number of nitrogens with one attached hydrogen (secondary N) is 1. The van der Waals surface area contributed by atoms with Gasteiger partial charge in [0, 0.05) is 12.6 Å². The molecule has 0 heterocycles. The molecule has 0 aliphatic heterocycles. The molecule has 0 bridgehead atoms. The van der Waals surface area contributed by atoms with Gasteiger partial charge in [0.1, 0.15) is 0 Å². The molecule has 0 amide bonds. The van der Waals surface area contributed by atoms with Gasteiger partial charge in [0.15, 0.2) is 11.5 Å². The Morgan fingerprint density at radius 3 is 2.37 bits per heavy atom. The molecular weight excluding hydrogens is 238 g/mol. The summed E-state index contributed by atoms with van der Waals surface area (Å²) in [4.78, 5) is 0. The van der Waals surface area contributed by atoms with Gasteiger partial charge >= 0.3 is 0 Å². The van der Waals surface area contributed by atoms with Gasteiger partial charge in [-0.1, -0.05) is 33.8 Å². The molecule has 3 heteroatoms. The monoisotopic (exact) mass is 263 g/mol. The molecule has 1 fully saturated rings. The van der Waals surface area contributed by atoms with Crippen LogP contribution in [0.3, 0.4) is 0 Å². The van der Waals surface area contributed by atoms with Crippen molar-refractivity contribution in [2.75, 3.05) is 6.61 Å². The number of phenolic OH excluding ortho intramolecular Hbond substituents is 1. The molecule has 19 heavy (non-hydrogen) atoms. The summed E-state index contributed by atoms with van der Waals surface area (Å²) in [6, 6.07) is 6.08. The van der Waals surface area contributed by atoms with Crippen LogP contribution in [0.2, 0.25) is 0 Å². The van der Waals surface area contributed by atoms with Gasteiger partial charge in [-0.2, -0.15) is 0 Å². The maximum Gasteiger partial charge on any atom is 0.161 e. The Bertz CT molecular complexity index is 452. The normalized spacial score (nSPS) is 20.3. The zero-order valence-electron chi connectivity index (χ0n) is 12.6. The first kappa shape index (κ1) is 14.2. The average molecular weight is 263 g/mol. The van der Waals surface area contributed by atoms with Gasteiger partial charge in [0.25, 0.3) is 0 Å². The molecule has 2 rings (SSSR count). The maximum atomic E-state index is 9.68. The molecule has 1 aliphatic carbocycles. The van der Waals surface area contributed by atoms with Crippen LogP contribution in [-0.4, -0.2) is 17.8 Å². The van der Waals surface area contributed by atoms with E-state index in [9.17, 15) is 5.11 Å². The highest BCUT2D eigenvalue weighted by Gasteiger charge is 2.64. The molecule has 1 aromatic rings. The van der Waals surface area contributed by atoms with E-state index < -0.39 is 0 Å². The van der Waals surface area contributed by atoms with E-state index in [1.165, 1.54) is 0 Å². The number of benzene rings is 1. The molecule has 0 saturated heterocycles. The SMILES string of the molecule is CCOc1cc(CNC2C(C)(C)C2(C)C)ccc1O. The molecular formula is C16H25NO2. The third-order valence-corrected chi connectivity index (χ3v) is 4.86. The Kier molecular flexibility index (Phi) is 3.52. The lowest BCUT2D eigenvalue weighted by atomic mass is 10.0. The van der Waals surface area contributed by atoms with Crippen LogP contribution in [0.4, 0.5) is 0 Å². The van der Waals surface area contributed by atoms with Crippen LogP contribution in [0.1, 0.15) is 40.2 Å². The number of aromatic hydroxyl groups is 1. The van der Waals surface area contributed by atoms with E-state index >= 15 is 0 Å². The molecule has 0 aromatic heterocycles. The van der Waals surface area contributed by atoms with Crippen molar-refractivity contribution in [3.63, 3.8) is 0 Å². The fourth-order valence-electron chi connectivity index (χ4n) is 2.87. The topological polar surface area (TPSA) is 41.5 Å². The summed E-state index contributed by atoms with van der Waals surface area (Å²) in [6.45, 7) is 12.5. The summed E-state index contributed by atoms with van der Waals surface area (Å²) >= 11 is 0. The predicted molar refractivity (Wildman–Crippen MR) is 77.5 cm³/mol. The number of hydrogen-bond acceptors (Lipinski definition) is 3. The Morgan fingerprint density at radius 2 is 1.84 bits per heavy atom. The second kappa shape index (κ2) is 4.71. The van der Waals surface area contributed by atoms with Crippen LogP contribution in [0, 0.1) is 10.8 Å². The van der Waals surface area contributed by atoms with Crippen LogP contribution < -0.4 is 10.1 Å². The standard InChI is InChI=1S/C16H25NO2/c1-6-19-13-9-11(7-8-12(13)18)10-17-14-15(2,3)16(14,4)5/h7-9,14,17-18H,6,10H2,1-5H3. The van der Waals surface area contributed by atoms with Crippen LogP contribution in [0.25, 0.3) is 0 Å². The lowest BCUT2D eigenvalue weighted by Crippen LogP contribution is -2.21. The lowest BCUT2D eigenvalue weighted by molar-refractivity contribution is 0.317. The van der Waals surface area contributed by atoms with Gasteiger partial charge in [-0.3, -0.25) is 0 Å². The first-order valence-electron chi connectivity index (χ1n) is 6.98. The van der Waals surface area contributed by atoms with E-state index in [0.29, 0.717) is 29.2 Å². The Balaban J connectivity index is 2.00. The van der Waals surface area contributed by atoms with Crippen molar-refractivity contribution in [2.45, 2.75) is 47.2 Å². The van der Waals surface area contributed by atoms with Crippen molar-refractivity contribution >= 4 is 0 Å². The molecule has 1 aromatic carbocycles. The van der Waals surface area contributed by atoms with Crippen LogP contribution >= 0.6 is 0 Å². The largest absolute Gasteiger partial charge is 0.504 e. The Labute approximate surface area is 116 Å². The molecule has 0 atom stereocenters. The van der Waals surface area contributed by atoms with Crippen molar-refractivity contribution in [2.24, 2.45) is 10.8 Å². The van der Waals surface area contributed by atoms with Crippen LogP contribution in [0.15, 0.2) is 18.2 Å². The second-order valence-corrected chi connectivity index (χ2v) is 6.49. The van der Waals surface area contributed by atoms with Crippen molar-refractivity contribution < 1.29 is 9.84 Å². The molecule has 0 spiro atoms. The molecule has 2 N–H and O–H groups in total. The number of hydrogen-bond donors (Lipinski definition) is 2. The van der Waals surface area contributed by atoms with Crippen molar-refractivity contribution in [3.05, 3.63) is 23.8 Å². The highest BCUT2D eigenvalue weighted by molar-refractivity contribution is 5.41. The molecule has 1 saturated carbocycles. The highest BCUT2D eigenvalue weighted by Crippen LogP contribution is 2.62. The van der Waals surface area contributed by atoms with Gasteiger partial charge < -0.3 is 15.2 Å². The Morgan fingerprint density at radius 1 is 1.21 bits per heavy atom. The van der Waals surface area contributed by atoms with E-state index in [2.05, 4.69) is 33.0 Å². The van der Waals surface area contributed by atoms with E-state index in [1.54, 1.807) is 6.07 Å². The summed E-state index contributed by atoms with van der Waals surface area (Å²) in [6.07, 6.45) is 0.